The van der Waals surface area contributed by atoms with E-state index in [-0.39, 0.29) is 0 Å². The van der Waals surface area contributed by atoms with E-state index in [1.54, 1.807) is 5.56 Å². The van der Waals surface area contributed by atoms with Gasteiger partial charge in [0.2, 0.25) is 0 Å². The van der Waals surface area contributed by atoms with Crippen molar-refractivity contribution >= 4 is 11.3 Å². The molecule has 0 aliphatic carbocycles. The maximum absolute atomic E-state index is 2.37. The highest BCUT2D eigenvalue weighted by Crippen LogP contribution is 2.22. The molecule has 0 nitrogen and oxygen atoms in total. The third kappa shape index (κ3) is 6.58. The fourth-order valence-electron chi connectivity index (χ4n) is 2.60. The summed E-state index contributed by atoms with van der Waals surface area (Å²) < 4.78 is 0. The van der Waals surface area contributed by atoms with Crippen LogP contribution in [-0.2, 0) is 6.42 Å². The lowest BCUT2D eigenvalue weighted by Gasteiger charge is -2.13. The zero-order valence-corrected chi connectivity index (χ0v) is 13.3. The molecule has 1 heterocycles. The monoisotopic (exact) mass is 266 g/mol. The molecule has 1 aromatic heterocycles. The zero-order valence-electron chi connectivity index (χ0n) is 12.5. The first-order chi connectivity index (χ1) is 8.76. The van der Waals surface area contributed by atoms with E-state index in [2.05, 4.69) is 32.2 Å². The van der Waals surface area contributed by atoms with Gasteiger partial charge in [-0.3, -0.25) is 0 Å². The molecule has 0 aromatic carbocycles. The molecule has 0 bridgehead atoms. The van der Waals surface area contributed by atoms with Gasteiger partial charge in [-0.25, -0.2) is 0 Å². The predicted molar refractivity (Wildman–Crippen MR) is 84.5 cm³/mol. The lowest BCUT2D eigenvalue weighted by molar-refractivity contribution is 0.436. The Hall–Kier alpha value is -0.300. The summed E-state index contributed by atoms with van der Waals surface area (Å²) >= 11 is 1.89. The smallest absolute Gasteiger partial charge is 0.00170 e. The largest absolute Gasteiger partial charge is 0.149 e. The van der Waals surface area contributed by atoms with Gasteiger partial charge in [-0.05, 0) is 36.3 Å². The molecule has 1 unspecified atom stereocenters. The van der Waals surface area contributed by atoms with E-state index in [0.29, 0.717) is 0 Å². The molecule has 1 rings (SSSR count). The summed E-state index contributed by atoms with van der Waals surface area (Å²) in [7, 11) is 0. The van der Waals surface area contributed by atoms with E-state index in [1.165, 1.54) is 62.7 Å². The molecule has 0 amide bonds. The first kappa shape index (κ1) is 15.8. The van der Waals surface area contributed by atoms with Crippen LogP contribution in [-0.4, -0.2) is 0 Å². The van der Waals surface area contributed by atoms with E-state index in [4.69, 9.17) is 0 Å². The average Bonchev–Trinajstić information content (AvgIpc) is 2.77. The topological polar surface area (TPSA) is 0 Å². The Morgan fingerprint density at radius 2 is 1.78 bits per heavy atom. The molecule has 0 saturated heterocycles. The van der Waals surface area contributed by atoms with Crippen molar-refractivity contribution < 1.29 is 0 Å². The van der Waals surface area contributed by atoms with Crippen molar-refractivity contribution in [3.8, 4) is 0 Å². The highest BCUT2D eigenvalue weighted by Gasteiger charge is 2.08. The number of rotatable bonds is 10. The number of unbranched alkanes of at least 4 members (excludes halogenated alkanes) is 5. The molecule has 0 aliphatic rings. The van der Waals surface area contributed by atoms with Gasteiger partial charge in [0, 0.05) is 4.88 Å². The van der Waals surface area contributed by atoms with E-state index in [0.717, 1.165) is 5.92 Å². The minimum absolute atomic E-state index is 0.908. The quantitative estimate of drug-likeness (QED) is 0.431. The standard InChI is InChI=1S/C17H30S/c1-4-6-7-8-9-10-11-16(5-2)13-17-12-15(3)18-14-17/h12,14,16H,4-11,13H2,1-3H3. The van der Waals surface area contributed by atoms with Gasteiger partial charge in [0.1, 0.15) is 0 Å². The molecule has 1 aromatic rings. The SMILES string of the molecule is CCCCCCCCC(CC)Cc1csc(C)c1. The summed E-state index contributed by atoms with van der Waals surface area (Å²) in [6, 6.07) is 2.37. The molecular formula is C17H30S. The highest BCUT2D eigenvalue weighted by molar-refractivity contribution is 7.10. The van der Waals surface area contributed by atoms with Gasteiger partial charge in [0.05, 0.1) is 0 Å². The molecule has 0 aliphatic heterocycles. The van der Waals surface area contributed by atoms with Crippen molar-refractivity contribution in [1.29, 1.82) is 0 Å². The van der Waals surface area contributed by atoms with Crippen molar-refractivity contribution in [3.63, 3.8) is 0 Å². The number of aryl methyl sites for hydroxylation is 1. The minimum Gasteiger partial charge on any atom is -0.149 e. The first-order valence-corrected chi connectivity index (χ1v) is 8.68. The second-order valence-electron chi connectivity index (χ2n) is 5.60. The van der Waals surface area contributed by atoms with Crippen LogP contribution in [0.3, 0.4) is 0 Å². The summed E-state index contributed by atoms with van der Waals surface area (Å²) in [5.74, 6) is 0.908. The molecule has 1 heteroatoms. The summed E-state index contributed by atoms with van der Waals surface area (Å²) in [5.41, 5.74) is 1.57. The summed E-state index contributed by atoms with van der Waals surface area (Å²) in [4.78, 5) is 1.46. The molecule has 18 heavy (non-hydrogen) atoms. The van der Waals surface area contributed by atoms with E-state index < -0.39 is 0 Å². The van der Waals surface area contributed by atoms with E-state index in [1.807, 2.05) is 11.3 Å². The number of hydrogen-bond donors (Lipinski definition) is 0. The number of thiophene rings is 1. The van der Waals surface area contributed by atoms with Crippen LogP contribution in [0.2, 0.25) is 0 Å². The second kappa shape index (κ2) is 9.61. The number of hydrogen-bond acceptors (Lipinski definition) is 1. The minimum atomic E-state index is 0.908. The predicted octanol–water partition coefficient (Wildman–Crippen LogP) is 6.38. The van der Waals surface area contributed by atoms with Gasteiger partial charge in [0.15, 0.2) is 0 Å². The average molecular weight is 266 g/mol. The van der Waals surface area contributed by atoms with Crippen LogP contribution >= 0.6 is 11.3 Å². The summed E-state index contributed by atoms with van der Waals surface area (Å²) in [6.45, 7) is 6.85. The van der Waals surface area contributed by atoms with Crippen molar-refractivity contribution in [2.24, 2.45) is 5.92 Å². The third-order valence-electron chi connectivity index (χ3n) is 3.85. The van der Waals surface area contributed by atoms with E-state index >= 15 is 0 Å². The Labute approximate surface area is 118 Å². The van der Waals surface area contributed by atoms with Crippen LogP contribution in [0.4, 0.5) is 0 Å². The molecule has 0 spiro atoms. The lowest BCUT2D eigenvalue weighted by Crippen LogP contribution is -2.02. The Morgan fingerprint density at radius 1 is 1.06 bits per heavy atom. The molecule has 0 saturated carbocycles. The molecular weight excluding hydrogens is 236 g/mol. The highest BCUT2D eigenvalue weighted by atomic mass is 32.1. The van der Waals surface area contributed by atoms with Crippen LogP contribution in [0.25, 0.3) is 0 Å². The Balaban J connectivity index is 2.13. The summed E-state index contributed by atoms with van der Waals surface area (Å²) in [6.07, 6.45) is 12.6. The zero-order chi connectivity index (χ0) is 13.2. The van der Waals surface area contributed by atoms with Gasteiger partial charge in [-0.2, -0.15) is 0 Å². The van der Waals surface area contributed by atoms with E-state index in [9.17, 15) is 0 Å². The lowest BCUT2D eigenvalue weighted by atomic mass is 9.92. The van der Waals surface area contributed by atoms with Crippen LogP contribution in [0.15, 0.2) is 11.4 Å². The molecule has 0 radical (unpaired) electrons. The fraction of sp³-hybridized carbons (Fsp3) is 0.765. The maximum Gasteiger partial charge on any atom is 0.00170 e. The second-order valence-corrected chi connectivity index (χ2v) is 6.72. The normalized spacial score (nSPS) is 12.8. The Morgan fingerprint density at radius 3 is 2.39 bits per heavy atom. The first-order valence-electron chi connectivity index (χ1n) is 7.80. The van der Waals surface area contributed by atoms with Crippen molar-refractivity contribution in [2.75, 3.05) is 0 Å². The molecule has 104 valence electrons. The van der Waals surface area contributed by atoms with Crippen LogP contribution in [0.5, 0.6) is 0 Å². The van der Waals surface area contributed by atoms with Gasteiger partial charge in [-0.15, -0.1) is 11.3 Å². The van der Waals surface area contributed by atoms with Crippen LogP contribution in [0, 0.1) is 12.8 Å². The Bertz CT molecular complexity index is 300. The summed E-state index contributed by atoms with van der Waals surface area (Å²) in [5, 5.41) is 2.35. The van der Waals surface area contributed by atoms with Crippen molar-refractivity contribution in [3.05, 3.63) is 21.9 Å². The van der Waals surface area contributed by atoms with Gasteiger partial charge >= 0.3 is 0 Å². The van der Waals surface area contributed by atoms with Crippen LogP contribution < -0.4 is 0 Å². The molecule has 0 N–H and O–H groups in total. The van der Waals surface area contributed by atoms with Gasteiger partial charge in [-0.1, -0.05) is 65.2 Å². The third-order valence-corrected chi connectivity index (χ3v) is 4.76. The van der Waals surface area contributed by atoms with Gasteiger partial charge < -0.3 is 0 Å². The van der Waals surface area contributed by atoms with Gasteiger partial charge in [0.25, 0.3) is 0 Å². The van der Waals surface area contributed by atoms with Crippen LogP contribution in [0.1, 0.15) is 75.7 Å². The van der Waals surface area contributed by atoms with Crippen molar-refractivity contribution in [1.82, 2.24) is 0 Å². The molecule has 0 fully saturated rings. The molecule has 1 atom stereocenters. The maximum atomic E-state index is 2.37. The van der Waals surface area contributed by atoms with Crippen molar-refractivity contribution in [2.45, 2.75) is 78.6 Å². The Kier molecular flexibility index (Phi) is 8.41. The fourth-order valence-corrected chi connectivity index (χ4v) is 3.32.